The fraction of sp³-hybridized carbons (Fsp3) is 0.0357. The summed E-state index contributed by atoms with van der Waals surface area (Å²) in [6.07, 6.45) is 0. The summed E-state index contributed by atoms with van der Waals surface area (Å²) >= 11 is 0. The number of para-hydroxylation sites is 1. The van der Waals surface area contributed by atoms with Crippen molar-refractivity contribution in [3.8, 4) is 5.75 Å². The largest absolute Gasteiger partial charge is 0.505 e. The number of fused-ring (bicyclic) bond motifs is 2. The molecule has 6 heteroatoms. The lowest BCUT2D eigenvalue weighted by atomic mass is 9.99. The van der Waals surface area contributed by atoms with E-state index in [9.17, 15) is 9.90 Å². The van der Waals surface area contributed by atoms with Crippen molar-refractivity contribution in [2.75, 3.05) is 11.1 Å². The summed E-state index contributed by atoms with van der Waals surface area (Å²) < 4.78 is 0. The van der Waals surface area contributed by atoms with E-state index >= 15 is 0 Å². The molecule has 0 saturated carbocycles. The standard InChI is InChI=1S/C28H22N4O2/c1-17-6-2-5-9-25(17)30-28(34)24-16-20-14-18-7-3-4-8-19(18)15-23(20)26(27(24)33)32-31-22-12-10-21(29)11-13-22/h2-16,33H,29H2,1H3,(H,30,34). The van der Waals surface area contributed by atoms with Crippen LogP contribution in [-0.2, 0) is 0 Å². The van der Waals surface area contributed by atoms with E-state index in [2.05, 4.69) is 15.5 Å². The van der Waals surface area contributed by atoms with Crippen LogP contribution in [-0.4, -0.2) is 11.0 Å². The summed E-state index contributed by atoms with van der Waals surface area (Å²) in [6, 6.07) is 27.9. The molecule has 4 N–H and O–H groups in total. The highest BCUT2D eigenvalue weighted by molar-refractivity contribution is 6.13. The number of amides is 1. The van der Waals surface area contributed by atoms with Gasteiger partial charge < -0.3 is 16.2 Å². The second-order valence-corrected chi connectivity index (χ2v) is 8.10. The van der Waals surface area contributed by atoms with Crippen molar-refractivity contribution in [3.05, 3.63) is 102 Å². The van der Waals surface area contributed by atoms with Gasteiger partial charge in [-0.15, -0.1) is 5.11 Å². The van der Waals surface area contributed by atoms with Gasteiger partial charge in [-0.25, -0.2) is 0 Å². The molecule has 0 aliphatic carbocycles. The van der Waals surface area contributed by atoms with Crippen LogP contribution in [0.1, 0.15) is 15.9 Å². The number of rotatable bonds is 4. The molecule has 0 aliphatic rings. The van der Waals surface area contributed by atoms with E-state index in [0.29, 0.717) is 22.4 Å². The van der Waals surface area contributed by atoms with E-state index in [1.807, 2.05) is 67.6 Å². The number of hydrogen-bond donors (Lipinski definition) is 3. The Labute approximate surface area is 196 Å². The lowest BCUT2D eigenvalue weighted by Gasteiger charge is -2.13. The van der Waals surface area contributed by atoms with Crippen LogP contribution >= 0.6 is 0 Å². The zero-order valence-electron chi connectivity index (χ0n) is 18.5. The Balaban J connectivity index is 1.67. The first-order chi connectivity index (χ1) is 16.5. The number of nitrogens with two attached hydrogens (primary N) is 1. The molecule has 0 fully saturated rings. The highest BCUT2D eigenvalue weighted by Crippen LogP contribution is 2.41. The van der Waals surface area contributed by atoms with Crippen molar-refractivity contribution >= 4 is 50.2 Å². The van der Waals surface area contributed by atoms with Gasteiger partial charge in [-0.1, -0.05) is 42.5 Å². The first kappa shape index (κ1) is 21.2. The quantitative estimate of drug-likeness (QED) is 0.154. The Morgan fingerprint density at radius 2 is 1.50 bits per heavy atom. The van der Waals surface area contributed by atoms with E-state index in [4.69, 9.17) is 5.73 Å². The zero-order chi connectivity index (χ0) is 23.7. The number of phenols is 1. The monoisotopic (exact) mass is 446 g/mol. The maximum Gasteiger partial charge on any atom is 0.259 e. The summed E-state index contributed by atoms with van der Waals surface area (Å²) in [7, 11) is 0. The Hall–Kier alpha value is -4.71. The van der Waals surface area contributed by atoms with Crippen LogP contribution in [0.4, 0.5) is 22.7 Å². The number of phenolic OH excluding ortho intramolecular Hbond substituents is 1. The Bertz CT molecular complexity index is 1570. The Kier molecular flexibility index (Phi) is 5.40. The summed E-state index contributed by atoms with van der Waals surface area (Å²) in [6.45, 7) is 1.91. The minimum atomic E-state index is -0.425. The molecule has 34 heavy (non-hydrogen) atoms. The number of nitrogen functional groups attached to an aromatic ring is 1. The van der Waals surface area contributed by atoms with E-state index in [1.165, 1.54) is 0 Å². The van der Waals surface area contributed by atoms with Crippen LogP contribution in [0.3, 0.4) is 0 Å². The second kappa shape index (κ2) is 8.67. The van der Waals surface area contributed by atoms with E-state index < -0.39 is 5.91 Å². The third-order valence-electron chi connectivity index (χ3n) is 5.75. The van der Waals surface area contributed by atoms with E-state index in [1.54, 1.807) is 30.3 Å². The Morgan fingerprint density at radius 3 is 2.24 bits per heavy atom. The number of nitrogens with one attached hydrogen (secondary N) is 1. The number of carbonyl (C=O) groups excluding carboxylic acids is 1. The molecule has 0 unspecified atom stereocenters. The molecule has 0 spiro atoms. The summed E-state index contributed by atoms with van der Waals surface area (Å²) in [5.74, 6) is -0.654. The number of benzene rings is 5. The van der Waals surface area contributed by atoms with Crippen molar-refractivity contribution < 1.29 is 9.90 Å². The van der Waals surface area contributed by atoms with Gasteiger partial charge in [-0.3, -0.25) is 4.79 Å². The smallest absolute Gasteiger partial charge is 0.259 e. The van der Waals surface area contributed by atoms with Gasteiger partial charge in [0.15, 0.2) is 5.75 Å². The van der Waals surface area contributed by atoms with Gasteiger partial charge in [0.05, 0.1) is 11.3 Å². The van der Waals surface area contributed by atoms with Gasteiger partial charge in [0.25, 0.3) is 5.91 Å². The van der Waals surface area contributed by atoms with Gasteiger partial charge in [0, 0.05) is 16.8 Å². The molecular formula is C28H22N4O2. The van der Waals surface area contributed by atoms with Crippen molar-refractivity contribution in [2.24, 2.45) is 10.2 Å². The predicted octanol–water partition coefficient (Wildman–Crippen LogP) is 7.26. The molecule has 0 bridgehead atoms. The first-order valence-electron chi connectivity index (χ1n) is 10.8. The normalized spacial score (nSPS) is 11.3. The van der Waals surface area contributed by atoms with Crippen LogP contribution in [0.15, 0.2) is 101 Å². The van der Waals surface area contributed by atoms with Crippen LogP contribution < -0.4 is 11.1 Å². The molecule has 5 rings (SSSR count). The molecule has 0 heterocycles. The summed E-state index contributed by atoms with van der Waals surface area (Å²) in [5.41, 5.74) is 8.91. The number of nitrogens with zero attached hydrogens (tertiary/aromatic N) is 2. The molecule has 0 radical (unpaired) electrons. The van der Waals surface area contributed by atoms with Crippen molar-refractivity contribution in [3.63, 3.8) is 0 Å². The number of anilines is 2. The molecule has 0 atom stereocenters. The topological polar surface area (TPSA) is 100 Å². The van der Waals surface area contributed by atoms with Crippen molar-refractivity contribution in [2.45, 2.75) is 6.92 Å². The Morgan fingerprint density at radius 1 is 0.824 bits per heavy atom. The highest BCUT2D eigenvalue weighted by Gasteiger charge is 2.19. The molecule has 5 aromatic carbocycles. The SMILES string of the molecule is Cc1ccccc1NC(=O)c1cc2cc3ccccc3cc2c(N=Nc2ccc(N)cc2)c1O. The lowest BCUT2D eigenvalue weighted by molar-refractivity contribution is 0.102. The number of aryl methyl sites for hydroxylation is 1. The number of carbonyl (C=O) groups is 1. The maximum atomic E-state index is 13.2. The minimum Gasteiger partial charge on any atom is -0.505 e. The fourth-order valence-corrected chi connectivity index (χ4v) is 3.89. The zero-order valence-corrected chi connectivity index (χ0v) is 18.5. The van der Waals surface area contributed by atoms with Crippen LogP contribution in [0, 0.1) is 6.92 Å². The van der Waals surface area contributed by atoms with Gasteiger partial charge in [0.2, 0.25) is 0 Å². The van der Waals surface area contributed by atoms with Gasteiger partial charge in [0.1, 0.15) is 5.69 Å². The van der Waals surface area contributed by atoms with E-state index in [-0.39, 0.29) is 17.0 Å². The molecule has 166 valence electrons. The van der Waals surface area contributed by atoms with Crippen LogP contribution in [0.25, 0.3) is 21.5 Å². The third kappa shape index (κ3) is 4.04. The molecule has 0 aromatic heterocycles. The molecule has 6 nitrogen and oxygen atoms in total. The van der Waals surface area contributed by atoms with Gasteiger partial charge >= 0.3 is 0 Å². The average molecular weight is 447 g/mol. The molecule has 5 aromatic rings. The molecular weight excluding hydrogens is 424 g/mol. The molecule has 0 saturated heterocycles. The average Bonchev–Trinajstić information content (AvgIpc) is 2.84. The van der Waals surface area contributed by atoms with Crippen LogP contribution in [0.2, 0.25) is 0 Å². The lowest BCUT2D eigenvalue weighted by Crippen LogP contribution is -2.13. The van der Waals surface area contributed by atoms with Gasteiger partial charge in [-0.05, 0) is 77.2 Å². The predicted molar refractivity (Wildman–Crippen MR) is 137 cm³/mol. The van der Waals surface area contributed by atoms with Crippen molar-refractivity contribution in [1.29, 1.82) is 0 Å². The summed E-state index contributed by atoms with van der Waals surface area (Å²) in [4.78, 5) is 13.2. The number of aromatic hydroxyl groups is 1. The number of azo groups is 1. The van der Waals surface area contributed by atoms with E-state index in [0.717, 1.165) is 21.7 Å². The third-order valence-corrected chi connectivity index (χ3v) is 5.75. The number of hydrogen-bond acceptors (Lipinski definition) is 5. The fourth-order valence-electron chi connectivity index (χ4n) is 3.89. The van der Waals surface area contributed by atoms with Gasteiger partial charge in [-0.2, -0.15) is 5.11 Å². The second-order valence-electron chi connectivity index (χ2n) is 8.10. The minimum absolute atomic E-state index is 0.122. The maximum absolute atomic E-state index is 13.2. The molecule has 1 amide bonds. The summed E-state index contributed by atoms with van der Waals surface area (Å²) in [5, 5.41) is 26.2. The first-order valence-corrected chi connectivity index (χ1v) is 10.8. The van der Waals surface area contributed by atoms with Crippen LogP contribution in [0.5, 0.6) is 5.75 Å². The van der Waals surface area contributed by atoms with Crippen molar-refractivity contribution in [1.82, 2.24) is 0 Å². The molecule has 0 aliphatic heterocycles. The highest BCUT2D eigenvalue weighted by atomic mass is 16.3.